The monoisotopic (exact) mass is 382 g/mol. The number of ether oxygens (including phenoxy) is 1. The molecule has 1 saturated heterocycles. The van der Waals surface area contributed by atoms with Gasteiger partial charge in [-0.05, 0) is 31.0 Å². The van der Waals surface area contributed by atoms with E-state index in [1.54, 1.807) is 0 Å². The lowest BCUT2D eigenvalue weighted by atomic mass is 9.99. The van der Waals surface area contributed by atoms with Crippen molar-refractivity contribution >= 4 is 33.2 Å². The van der Waals surface area contributed by atoms with Crippen molar-refractivity contribution in [3.8, 4) is 5.75 Å². The molecule has 1 fully saturated rings. The van der Waals surface area contributed by atoms with E-state index in [1.807, 2.05) is 0 Å². The van der Waals surface area contributed by atoms with Crippen molar-refractivity contribution < 1.29 is 26.7 Å². The van der Waals surface area contributed by atoms with Gasteiger partial charge < -0.3 is 10.1 Å². The number of piperidine rings is 1. The number of hydrogen-bond acceptors (Lipinski definition) is 4. The lowest BCUT2D eigenvalue weighted by Crippen LogP contribution is -2.43. The maximum atomic E-state index is 12.3. The third-order valence-electron chi connectivity index (χ3n) is 3.64. The summed E-state index contributed by atoms with van der Waals surface area (Å²) in [5, 5.41) is 2.56. The van der Waals surface area contributed by atoms with E-state index >= 15 is 0 Å². The van der Waals surface area contributed by atoms with E-state index in [0.29, 0.717) is 25.1 Å². The average Bonchev–Trinajstić information content (AvgIpc) is 2.49. The van der Waals surface area contributed by atoms with Crippen LogP contribution >= 0.6 is 11.6 Å². The minimum Gasteiger partial charge on any atom is -0.433 e. The average molecular weight is 383 g/mol. The molecule has 134 valence electrons. The Morgan fingerprint density at radius 2 is 2.17 bits per heavy atom. The quantitative estimate of drug-likeness (QED) is 0.849. The highest BCUT2D eigenvalue weighted by atomic mass is 35.5. The summed E-state index contributed by atoms with van der Waals surface area (Å²) < 4.78 is 53.0. The Morgan fingerprint density at radius 3 is 2.75 bits per heavy atom. The Kier molecular flexibility index (Phi) is 6.00. The molecule has 0 saturated carbocycles. The number of anilines is 1. The van der Waals surface area contributed by atoms with Gasteiger partial charge in [0.2, 0.25) is 15.9 Å². The minimum atomic E-state index is -3.34. The van der Waals surface area contributed by atoms with E-state index in [0.717, 1.165) is 6.26 Å². The number of sulfonamides is 1. The maximum absolute atomic E-state index is 12.3. The lowest BCUT2D eigenvalue weighted by Gasteiger charge is -2.30. The molecule has 0 unspecified atom stereocenters. The zero-order valence-corrected chi connectivity index (χ0v) is 14.4. The Balaban J connectivity index is 2.03. The van der Waals surface area contributed by atoms with E-state index in [2.05, 4.69) is 10.1 Å². The Morgan fingerprint density at radius 1 is 1.46 bits per heavy atom. The molecule has 0 radical (unpaired) electrons. The van der Waals surface area contributed by atoms with Crippen LogP contribution in [0.4, 0.5) is 14.5 Å². The van der Waals surface area contributed by atoms with E-state index in [1.165, 1.54) is 22.5 Å². The maximum Gasteiger partial charge on any atom is 0.387 e. The Labute approximate surface area is 143 Å². The Bertz CT molecular complexity index is 715. The van der Waals surface area contributed by atoms with Crippen molar-refractivity contribution in [1.29, 1.82) is 0 Å². The number of amides is 1. The van der Waals surface area contributed by atoms with Crippen molar-refractivity contribution in [3.63, 3.8) is 0 Å². The number of alkyl halides is 2. The summed E-state index contributed by atoms with van der Waals surface area (Å²) >= 11 is 5.83. The molecule has 1 amide bonds. The van der Waals surface area contributed by atoms with Gasteiger partial charge in [-0.25, -0.2) is 12.7 Å². The van der Waals surface area contributed by atoms with Gasteiger partial charge in [-0.3, -0.25) is 4.79 Å². The van der Waals surface area contributed by atoms with Crippen molar-refractivity contribution in [1.82, 2.24) is 4.31 Å². The standard InChI is InChI=1S/C14H17ClF2N2O4S/c1-24(21,22)19-6-2-3-9(8-19)13(20)18-10-4-5-12(11(15)7-10)23-14(16)17/h4-5,7,9,14H,2-3,6,8H2,1H3,(H,18,20)/t9-/m1/s1. The van der Waals surface area contributed by atoms with Crippen LogP contribution in [0, 0.1) is 5.92 Å². The number of carbonyl (C=O) groups is 1. The summed E-state index contributed by atoms with van der Waals surface area (Å²) in [6, 6.07) is 3.92. The van der Waals surface area contributed by atoms with Crippen LogP contribution in [0.1, 0.15) is 12.8 Å². The van der Waals surface area contributed by atoms with Gasteiger partial charge in [0.15, 0.2) is 0 Å². The predicted octanol–water partition coefficient (Wildman–Crippen LogP) is 2.55. The zero-order chi connectivity index (χ0) is 17.9. The number of nitrogens with zero attached hydrogens (tertiary/aromatic N) is 1. The van der Waals surface area contributed by atoms with E-state index in [9.17, 15) is 22.0 Å². The van der Waals surface area contributed by atoms with Crippen LogP contribution in [0.2, 0.25) is 5.02 Å². The first-order chi connectivity index (χ1) is 11.2. The van der Waals surface area contributed by atoms with Gasteiger partial charge >= 0.3 is 6.61 Å². The van der Waals surface area contributed by atoms with Gasteiger partial charge in [0, 0.05) is 18.8 Å². The van der Waals surface area contributed by atoms with E-state index < -0.39 is 22.6 Å². The number of halogens is 3. The minimum absolute atomic E-state index is 0.0606. The van der Waals surface area contributed by atoms with E-state index in [-0.39, 0.29) is 23.2 Å². The first-order valence-electron chi connectivity index (χ1n) is 7.17. The molecule has 24 heavy (non-hydrogen) atoms. The summed E-state index contributed by atoms with van der Waals surface area (Å²) in [5.74, 6) is -1.02. The SMILES string of the molecule is CS(=O)(=O)N1CCC[C@@H](C(=O)Nc2ccc(OC(F)F)c(Cl)c2)C1. The van der Waals surface area contributed by atoms with Crippen LogP contribution in [-0.4, -0.2) is 44.6 Å². The molecule has 1 aliphatic rings. The molecule has 1 N–H and O–H groups in total. The number of benzene rings is 1. The molecule has 1 aromatic carbocycles. The third kappa shape index (κ3) is 5.02. The second kappa shape index (κ2) is 7.62. The molecule has 6 nitrogen and oxygen atoms in total. The molecule has 1 aliphatic heterocycles. The van der Waals surface area contributed by atoms with Crippen LogP contribution in [0.25, 0.3) is 0 Å². The van der Waals surface area contributed by atoms with Crippen molar-refractivity contribution in [3.05, 3.63) is 23.2 Å². The molecule has 0 aliphatic carbocycles. The summed E-state index contributed by atoms with van der Waals surface area (Å²) in [6.07, 6.45) is 2.26. The third-order valence-corrected chi connectivity index (χ3v) is 5.20. The molecule has 2 rings (SSSR count). The molecular formula is C14H17ClF2N2O4S. The predicted molar refractivity (Wildman–Crippen MR) is 85.9 cm³/mol. The normalized spacial score (nSPS) is 19.3. The van der Waals surface area contributed by atoms with Crippen LogP contribution in [0.15, 0.2) is 18.2 Å². The fourth-order valence-corrected chi connectivity index (χ4v) is 3.61. The van der Waals surface area contributed by atoms with E-state index in [4.69, 9.17) is 11.6 Å². The first kappa shape index (κ1) is 18.9. The van der Waals surface area contributed by atoms with Gasteiger partial charge in [-0.2, -0.15) is 8.78 Å². The molecular weight excluding hydrogens is 366 g/mol. The number of nitrogens with one attached hydrogen (secondary N) is 1. The molecule has 1 atom stereocenters. The topological polar surface area (TPSA) is 75.7 Å². The van der Waals surface area contributed by atoms with Crippen LogP contribution in [0.5, 0.6) is 5.75 Å². The van der Waals surface area contributed by atoms with Gasteiger partial charge in [-0.15, -0.1) is 0 Å². The molecule has 1 aromatic rings. The number of rotatable bonds is 5. The van der Waals surface area contributed by atoms with Gasteiger partial charge in [0.25, 0.3) is 0 Å². The van der Waals surface area contributed by atoms with Crippen LogP contribution < -0.4 is 10.1 Å². The first-order valence-corrected chi connectivity index (χ1v) is 9.40. The van der Waals surface area contributed by atoms with Gasteiger partial charge in [0.1, 0.15) is 5.75 Å². The molecule has 0 spiro atoms. The van der Waals surface area contributed by atoms with Gasteiger partial charge in [0.05, 0.1) is 17.2 Å². The molecule has 0 aromatic heterocycles. The lowest BCUT2D eigenvalue weighted by molar-refractivity contribution is -0.120. The highest BCUT2D eigenvalue weighted by Crippen LogP contribution is 2.29. The largest absolute Gasteiger partial charge is 0.433 e. The number of hydrogen-bond donors (Lipinski definition) is 1. The highest BCUT2D eigenvalue weighted by Gasteiger charge is 2.30. The summed E-state index contributed by atoms with van der Waals surface area (Å²) in [7, 11) is -3.34. The van der Waals surface area contributed by atoms with Crippen LogP contribution in [-0.2, 0) is 14.8 Å². The smallest absolute Gasteiger partial charge is 0.387 e. The van der Waals surface area contributed by atoms with Crippen molar-refractivity contribution in [2.24, 2.45) is 5.92 Å². The highest BCUT2D eigenvalue weighted by molar-refractivity contribution is 7.88. The second-order valence-corrected chi connectivity index (χ2v) is 7.86. The summed E-state index contributed by atoms with van der Waals surface area (Å²) in [4.78, 5) is 12.3. The fourth-order valence-electron chi connectivity index (χ4n) is 2.47. The molecule has 0 bridgehead atoms. The second-order valence-electron chi connectivity index (χ2n) is 5.47. The van der Waals surface area contributed by atoms with Crippen molar-refractivity contribution in [2.45, 2.75) is 19.5 Å². The number of carbonyl (C=O) groups excluding carboxylic acids is 1. The summed E-state index contributed by atoms with van der Waals surface area (Å²) in [5.41, 5.74) is 0.322. The molecule has 10 heteroatoms. The van der Waals surface area contributed by atoms with Gasteiger partial charge in [-0.1, -0.05) is 11.6 Å². The van der Waals surface area contributed by atoms with Crippen molar-refractivity contribution in [2.75, 3.05) is 24.7 Å². The Hall–Kier alpha value is -1.45. The zero-order valence-electron chi connectivity index (χ0n) is 12.8. The molecule has 1 heterocycles. The summed E-state index contributed by atoms with van der Waals surface area (Å²) in [6.45, 7) is -2.48. The fraction of sp³-hybridized carbons (Fsp3) is 0.500. The van der Waals surface area contributed by atoms with Crippen LogP contribution in [0.3, 0.4) is 0 Å².